The van der Waals surface area contributed by atoms with Crippen LogP contribution in [0.4, 0.5) is 10.5 Å². The molecule has 0 aliphatic carbocycles. The highest BCUT2D eigenvalue weighted by atomic mass is 35.5. The van der Waals surface area contributed by atoms with Crippen LogP contribution in [0.2, 0.25) is 10.0 Å². The van der Waals surface area contributed by atoms with E-state index in [0.29, 0.717) is 15.7 Å². The molecule has 0 spiro atoms. The van der Waals surface area contributed by atoms with Crippen molar-refractivity contribution in [2.24, 2.45) is 0 Å². The number of nitrogens with one attached hydrogen (secondary N) is 2. The Morgan fingerprint density at radius 3 is 2.48 bits per heavy atom. The summed E-state index contributed by atoms with van der Waals surface area (Å²) in [5, 5.41) is 15.5. The van der Waals surface area contributed by atoms with E-state index in [0.717, 1.165) is 5.56 Å². The molecule has 0 aliphatic rings. The summed E-state index contributed by atoms with van der Waals surface area (Å²) in [4.78, 5) is 12.0. The molecule has 3 N–H and O–H groups in total. The first-order chi connectivity index (χ1) is 10.1. The normalized spacial score (nSPS) is 11.8. The minimum Gasteiger partial charge on any atom is -0.394 e. The molecule has 0 bridgehead atoms. The Hall–Kier alpha value is -1.75. The lowest BCUT2D eigenvalue weighted by atomic mass is 10.1. The van der Waals surface area contributed by atoms with E-state index in [1.54, 1.807) is 18.2 Å². The van der Waals surface area contributed by atoms with Gasteiger partial charge in [-0.15, -0.1) is 0 Å². The van der Waals surface area contributed by atoms with Gasteiger partial charge in [-0.05, 0) is 23.8 Å². The topological polar surface area (TPSA) is 61.4 Å². The van der Waals surface area contributed by atoms with Crippen LogP contribution in [0.5, 0.6) is 0 Å². The molecular formula is C15H14Cl2N2O2. The van der Waals surface area contributed by atoms with Crippen LogP contribution in [0.15, 0.2) is 48.5 Å². The average molecular weight is 325 g/mol. The predicted molar refractivity (Wildman–Crippen MR) is 84.9 cm³/mol. The monoisotopic (exact) mass is 324 g/mol. The van der Waals surface area contributed by atoms with Gasteiger partial charge in [0.15, 0.2) is 0 Å². The van der Waals surface area contributed by atoms with E-state index in [4.69, 9.17) is 23.2 Å². The number of benzene rings is 2. The number of amides is 2. The molecule has 1 unspecified atom stereocenters. The lowest BCUT2D eigenvalue weighted by Gasteiger charge is -2.17. The summed E-state index contributed by atoms with van der Waals surface area (Å²) in [5.74, 6) is 0. The highest BCUT2D eigenvalue weighted by Crippen LogP contribution is 2.25. The Bertz CT molecular complexity index is 620. The van der Waals surface area contributed by atoms with Crippen LogP contribution < -0.4 is 10.6 Å². The van der Waals surface area contributed by atoms with Gasteiger partial charge in [-0.3, -0.25) is 0 Å². The molecule has 6 heteroatoms. The molecule has 2 amide bonds. The lowest BCUT2D eigenvalue weighted by Crippen LogP contribution is -2.34. The molecule has 4 nitrogen and oxygen atoms in total. The van der Waals surface area contributed by atoms with Crippen LogP contribution >= 0.6 is 23.2 Å². The summed E-state index contributed by atoms with van der Waals surface area (Å²) < 4.78 is 0. The number of aliphatic hydroxyl groups excluding tert-OH is 1. The fourth-order valence-corrected chi connectivity index (χ4v) is 2.28. The summed E-state index contributed by atoms with van der Waals surface area (Å²) in [5.41, 5.74) is 1.26. The first-order valence-electron chi connectivity index (χ1n) is 6.28. The number of halogens is 2. The Kier molecular flexibility index (Phi) is 5.44. The van der Waals surface area contributed by atoms with E-state index in [1.165, 1.54) is 0 Å². The minimum absolute atomic E-state index is 0.203. The van der Waals surface area contributed by atoms with E-state index in [-0.39, 0.29) is 6.61 Å². The van der Waals surface area contributed by atoms with E-state index in [9.17, 15) is 9.90 Å². The zero-order chi connectivity index (χ0) is 15.2. The second kappa shape index (κ2) is 7.31. The first-order valence-corrected chi connectivity index (χ1v) is 7.04. The van der Waals surface area contributed by atoms with Crippen molar-refractivity contribution in [2.45, 2.75) is 6.04 Å². The van der Waals surface area contributed by atoms with Gasteiger partial charge in [0, 0.05) is 5.02 Å². The summed E-state index contributed by atoms with van der Waals surface area (Å²) in [6.45, 7) is -0.203. The van der Waals surface area contributed by atoms with Crippen LogP contribution in [0.1, 0.15) is 11.6 Å². The number of hydrogen-bond acceptors (Lipinski definition) is 2. The smallest absolute Gasteiger partial charge is 0.319 e. The first kappa shape index (κ1) is 15.6. The van der Waals surface area contributed by atoms with E-state index >= 15 is 0 Å². The Balaban J connectivity index is 2.03. The number of aliphatic hydroxyl groups is 1. The SMILES string of the molecule is O=C(Nc1ccc(Cl)cc1Cl)NC(CO)c1ccccc1. The molecule has 0 saturated carbocycles. The third kappa shape index (κ3) is 4.36. The van der Waals surface area contributed by atoms with Gasteiger partial charge in [-0.1, -0.05) is 53.5 Å². The van der Waals surface area contributed by atoms with E-state index in [1.807, 2.05) is 30.3 Å². The number of carbonyl (C=O) groups is 1. The lowest BCUT2D eigenvalue weighted by molar-refractivity contribution is 0.225. The summed E-state index contributed by atoms with van der Waals surface area (Å²) >= 11 is 11.8. The fraction of sp³-hybridized carbons (Fsp3) is 0.133. The molecule has 2 rings (SSSR count). The van der Waals surface area contributed by atoms with Crippen molar-refractivity contribution in [1.82, 2.24) is 5.32 Å². The highest BCUT2D eigenvalue weighted by molar-refractivity contribution is 6.36. The molecule has 21 heavy (non-hydrogen) atoms. The van der Waals surface area contributed by atoms with Crippen molar-refractivity contribution >= 4 is 34.9 Å². The largest absolute Gasteiger partial charge is 0.394 e. The molecule has 0 aromatic heterocycles. The molecule has 2 aromatic carbocycles. The third-order valence-electron chi connectivity index (χ3n) is 2.87. The van der Waals surface area contributed by atoms with Crippen molar-refractivity contribution in [3.63, 3.8) is 0 Å². The quantitative estimate of drug-likeness (QED) is 0.800. The van der Waals surface area contributed by atoms with Crippen molar-refractivity contribution in [3.8, 4) is 0 Å². The molecule has 0 radical (unpaired) electrons. The van der Waals surface area contributed by atoms with Gasteiger partial charge >= 0.3 is 6.03 Å². The number of hydrogen-bond donors (Lipinski definition) is 3. The number of anilines is 1. The van der Waals surface area contributed by atoms with Gasteiger partial charge in [-0.25, -0.2) is 4.79 Å². The van der Waals surface area contributed by atoms with Crippen molar-refractivity contribution in [3.05, 3.63) is 64.1 Å². The maximum absolute atomic E-state index is 12.0. The third-order valence-corrected chi connectivity index (χ3v) is 3.42. The highest BCUT2D eigenvalue weighted by Gasteiger charge is 2.14. The zero-order valence-corrected chi connectivity index (χ0v) is 12.5. The van der Waals surface area contributed by atoms with Gasteiger partial charge in [0.05, 0.1) is 23.4 Å². The second-order valence-electron chi connectivity index (χ2n) is 4.37. The number of rotatable bonds is 4. The minimum atomic E-state index is -0.489. The predicted octanol–water partition coefficient (Wildman–Crippen LogP) is 3.85. The summed E-state index contributed by atoms with van der Waals surface area (Å²) in [7, 11) is 0. The average Bonchev–Trinajstić information content (AvgIpc) is 2.48. The van der Waals surface area contributed by atoms with Crippen molar-refractivity contribution in [2.75, 3.05) is 11.9 Å². The number of carbonyl (C=O) groups excluding carboxylic acids is 1. The van der Waals surface area contributed by atoms with Crippen LogP contribution in [-0.4, -0.2) is 17.7 Å². The molecule has 0 saturated heterocycles. The second-order valence-corrected chi connectivity index (χ2v) is 5.21. The van der Waals surface area contributed by atoms with Crippen LogP contribution in [0.25, 0.3) is 0 Å². The van der Waals surface area contributed by atoms with Gasteiger partial charge in [0.25, 0.3) is 0 Å². The summed E-state index contributed by atoms with van der Waals surface area (Å²) in [6.07, 6.45) is 0. The maximum atomic E-state index is 12.0. The molecular weight excluding hydrogens is 311 g/mol. The van der Waals surface area contributed by atoms with Gasteiger partial charge in [0.2, 0.25) is 0 Å². The van der Waals surface area contributed by atoms with Crippen molar-refractivity contribution in [1.29, 1.82) is 0 Å². The molecule has 110 valence electrons. The molecule has 1 atom stereocenters. The standard InChI is InChI=1S/C15H14Cl2N2O2/c16-11-6-7-13(12(17)8-11)18-15(21)19-14(9-20)10-4-2-1-3-5-10/h1-8,14,20H,9H2,(H2,18,19,21). The number of urea groups is 1. The Morgan fingerprint density at radius 2 is 1.86 bits per heavy atom. The van der Waals surface area contributed by atoms with Gasteiger partial charge in [-0.2, -0.15) is 0 Å². The van der Waals surface area contributed by atoms with Crippen LogP contribution in [0, 0.1) is 0 Å². The Morgan fingerprint density at radius 1 is 1.14 bits per heavy atom. The zero-order valence-electron chi connectivity index (χ0n) is 11.0. The summed E-state index contributed by atoms with van der Waals surface area (Å²) in [6, 6.07) is 13.0. The van der Waals surface area contributed by atoms with Gasteiger partial charge in [0.1, 0.15) is 0 Å². The van der Waals surface area contributed by atoms with E-state index < -0.39 is 12.1 Å². The van der Waals surface area contributed by atoms with E-state index in [2.05, 4.69) is 10.6 Å². The molecule has 0 aliphatic heterocycles. The van der Waals surface area contributed by atoms with Crippen molar-refractivity contribution < 1.29 is 9.90 Å². The fourth-order valence-electron chi connectivity index (χ4n) is 1.83. The van der Waals surface area contributed by atoms with Gasteiger partial charge < -0.3 is 15.7 Å². The maximum Gasteiger partial charge on any atom is 0.319 e. The molecule has 0 heterocycles. The molecule has 0 fully saturated rings. The molecule has 2 aromatic rings. The van der Waals surface area contributed by atoms with Crippen LogP contribution in [-0.2, 0) is 0 Å². The Labute approximate surface area is 132 Å². The van der Waals surface area contributed by atoms with Crippen LogP contribution in [0.3, 0.4) is 0 Å².